The Morgan fingerprint density at radius 3 is 2.56 bits per heavy atom. The number of carbonyl (C=O) groups is 1. The van der Waals surface area contributed by atoms with Crippen molar-refractivity contribution in [2.24, 2.45) is 0 Å². The third kappa shape index (κ3) is 1.91. The van der Waals surface area contributed by atoms with Gasteiger partial charge in [-0.3, -0.25) is 4.79 Å². The van der Waals surface area contributed by atoms with Crippen LogP contribution in [-0.2, 0) is 4.57 Å². The van der Waals surface area contributed by atoms with E-state index in [2.05, 4.69) is 4.98 Å². The Morgan fingerprint density at radius 2 is 1.94 bits per heavy atom. The molecular formula is C12H12NO2P. The van der Waals surface area contributed by atoms with Crippen LogP contribution in [0.1, 0.15) is 10.5 Å². The van der Waals surface area contributed by atoms with E-state index in [1.54, 1.807) is 19.4 Å². The molecule has 1 aromatic heterocycles. The standard InChI is InChI=1S/C12H12NO2P/c1-16(2,15)11-5-3-4-9-6-7-10(8-14)13-12(9)11/h3-8H,1-2H3. The molecule has 1 aromatic carbocycles. The molecule has 0 fully saturated rings. The number of aldehydes is 1. The van der Waals surface area contributed by atoms with E-state index in [4.69, 9.17) is 0 Å². The van der Waals surface area contributed by atoms with Crippen LogP contribution >= 0.6 is 7.14 Å². The van der Waals surface area contributed by atoms with E-state index in [1.165, 1.54) is 0 Å². The third-order valence-corrected chi connectivity index (χ3v) is 3.94. The maximum absolute atomic E-state index is 12.1. The average molecular weight is 233 g/mol. The molecule has 0 N–H and O–H groups in total. The smallest absolute Gasteiger partial charge is 0.168 e. The molecule has 0 saturated carbocycles. The first-order chi connectivity index (χ1) is 7.52. The molecule has 3 nitrogen and oxygen atoms in total. The summed E-state index contributed by atoms with van der Waals surface area (Å²) in [4.78, 5) is 14.9. The van der Waals surface area contributed by atoms with Gasteiger partial charge in [0, 0.05) is 10.7 Å². The molecule has 2 rings (SSSR count). The Hall–Kier alpha value is -1.47. The highest BCUT2D eigenvalue weighted by atomic mass is 31.2. The van der Waals surface area contributed by atoms with Gasteiger partial charge in [-0.1, -0.05) is 18.2 Å². The van der Waals surface area contributed by atoms with Gasteiger partial charge in [0.25, 0.3) is 0 Å². The van der Waals surface area contributed by atoms with Gasteiger partial charge in [0.1, 0.15) is 12.8 Å². The molecule has 82 valence electrons. The van der Waals surface area contributed by atoms with Crippen molar-refractivity contribution in [2.45, 2.75) is 0 Å². The molecule has 0 atom stereocenters. The Labute approximate surface area is 93.9 Å². The summed E-state index contributed by atoms with van der Waals surface area (Å²) in [5.41, 5.74) is 1.04. The fraction of sp³-hybridized carbons (Fsp3) is 0.167. The second-order valence-electron chi connectivity index (χ2n) is 4.05. The molecule has 0 bridgehead atoms. The van der Waals surface area contributed by atoms with Crippen LogP contribution in [0.4, 0.5) is 0 Å². The van der Waals surface area contributed by atoms with Crippen molar-refractivity contribution in [3.63, 3.8) is 0 Å². The number of carbonyl (C=O) groups excluding carboxylic acids is 1. The SMILES string of the molecule is CP(C)(=O)c1cccc2ccc(C=O)nc12. The number of benzene rings is 1. The summed E-state index contributed by atoms with van der Waals surface area (Å²) in [7, 11) is -2.37. The summed E-state index contributed by atoms with van der Waals surface area (Å²) < 4.78 is 12.1. The van der Waals surface area contributed by atoms with Gasteiger partial charge in [0.15, 0.2) is 6.29 Å². The predicted octanol–water partition coefficient (Wildman–Crippen LogP) is 2.30. The average Bonchev–Trinajstić information content (AvgIpc) is 2.26. The minimum Gasteiger partial charge on any atom is -0.319 e. The van der Waals surface area contributed by atoms with Gasteiger partial charge in [-0.2, -0.15) is 0 Å². The Balaban J connectivity index is 2.84. The number of aromatic nitrogens is 1. The summed E-state index contributed by atoms with van der Waals surface area (Å²) in [5.74, 6) is 0. The Bertz CT molecular complexity index is 601. The van der Waals surface area contributed by atoms with Gasteiger partial charge in [0.05, 0.1) is 5.52 Å². The van der Waals surface area contributed by atoms with Gasteiger partial charge in [-0.05, 0) is 25.5 Å². The van der Waals surface area contributed by atoms with E-state index in [-0.39, 0.29) is 0 Å². The molecule has 0 saturated heterocycles. The highest BCUT2D eigenvalue weighted by molar-refractivity contribution is 7.70. The van der Waals surface area contributed by atoms with E-state index in [1.807, 2.05) is 24.3 Å². The Morgan fingerprint density at radius 1 is 1.19 bits per heavy atom. The predicted molar refractivity (Wildman–Crippen MR) is 66.2 cm³/mol. The first-order valence-corrected chi connectivity index (χ1v) is 7.53. The molecule has 0 unspecified atom stereocenters. The molecule has 16 heavy (non-hydrogen) atoms. The highest BCUT2D eigenvalue weighted by Crippen LogP contribution is 2.36. The summed E-state index contributed by atoms with van der Waals surface area (Å²) in [6.07, 6.45) is 0.701. The molecule has 0 aliphatic carbocycles. The van der Waals surface area contributed by atoms with Crippen molar-refractivity contribution >= 4 is 29.6 Å². The quantitative estimate of drug-likeness (QED) is 0.590. The van der Waals surface area contributed by atoms with Crippen molar-refractivity contribution in [3.8, 4) is 0 Å². The van der Waals surface area contributed by atoms with Crippen molar-refractivity contribution in [2.75, 3.05) is 13.3 Å². The maximum Gasteiger partial charge on any atom is 0.168 e. The summed E-state index contributed by atoms with van der Waals surface area (Å²) in [6, 6.07) is 9.06. The molecule has 0 radical (unpaired) electrons. The highest BCUT2D eigenvalue weighted by Gasteiger charge is 2.15. The second kappa shape index (κ2) is 3.84. The number of rotatable bonds is 2. The fourth-order valence-electron chi connectivity index (χ4n) is 1.65. The van der Waals surface area contributed by atoms with Gasteiger partial charge in [0.2, 0.25) is 0 Å². The van der Waals surface area contributed by atoms with E-state index in [0.717, 1.165) is 10.7 Å². The summed E-state index contributed by atoms with van der Waals surface area (Å²) in [6.45, 7) is 3.41. The number of hydrogen-bond donors (Lipinski definition) is 0. The van der Waals surface area contributed by atoms with E-state index in [0.29, 0.717) is 17.5 Å². The Kier molecular flexibility index (Phi) is 2.64. The van der Waals surface area contributed by atoms with Crippen LogP contribution in [0, 0.1) is 0 Å². The third-order valence-electron chi connectivity index (χ3n) is 2.42. The topological polar surface area (TPSA) is 47.0 Å². The molecule has 0 aliphatic rings. The zero-order valence-corrected chi connectivity index (χ0v) is 10.1. The van der Waals surface area contributed by atoms with Crippen LogP contribution < -0.4 is 5.30 Å². The monoisotopic (exact) mass is 233 g/mol. The van der Waals surface area contributed by atoms with Crippen molar-refractivity contribution in [1.29, 1.82) is 0 Å². The van der Waals surface area contributed by atoms with Gasteiger partial charge in [-0.25, -0.2) is 4.98 Å². The minimum absolute atomic E-state index is 0.369. The minimum atomic E-state index is -2.37. The molecule has 2 aromatic rings. The number of hydrogen-bond acceptors (Lipinski definition) is 3. The lowest BCUT2D eigenvalue weighted by Crippen LogP contribution is -2.06. The van der Waals surface area contributed by atoms with Crippen molar-refractivity contribution in [1.82, 2.24) is 4.98 Å². The number of pyridine rings is 1. The maximum atomic E-state index is 12.1. The van der Waals surface area contributed by atoms with Crippen LogP contribution in [0.2, 0.25) is 0 Å². The fourth-order valence-corrected chi connectivity index (χ4v) is 2.78. The van der Waals surface area contributed by atoms with Gasteiger partial charge >= 0.3 is 0 Å². The number of fused-ring (bicyclic) bond motifs is 1. The van der Waals surface area contributed by atoms with Crippen LogP contribution in [0.5, 0.6) is 0 Å². The van der Waals surface area contributed by atoms with Gasteiger partial charge in [-0.15, -0.1) is 0 Å². The first kappa shape index (κ1) is 11.0. The molecule has 0 aliphatic heterocycles. The van der Waals surface area contributed by atoms with Crippen LogP contribution in [0.3, 0.4) is 0 Å². The number of para-hydroxylation sites is 1. The summed E-state index contributed by atoms with van der Waals surface area (Å²) in [5, 5.41) is 1.64. The first-order valence-electron chi connectivity index (χ1n) is 4.93. The second-order valence-corrected chi connectivity index (χ2v) is 7.24. The molecular weight excluding hydrogens is 221 g/mol. The van der Waals surface area contributed by atoms with E-state index >= 15 is 0 Å². The molecule has 4 heteroatoms. The summed E-state index contributed by atoms with van der Waals surface area (Å²) >= 11 is 0. The van der Waals surface area contributed by atoms with Crippen LogP contribution in [0.25, 0.3) is 10.9 Å². The lowest BCUT2D eigenvalue weighted by Gasteiger charge is -2.09. The molecule has 1 heterocycles. The van der Waals surface area contributed by atoms with Crippen molar-refractivity contribution < 1.29 is 9.36 Å². The molecule has 0 amide bonds. The lowest BCUT2D eigenvalue weighted by atomic mass is 10.2. The lowest BCUT2D eigenvalue weighted by molar-refractivity contribution is 0.111. The molecule has 0 spiro atoms. The van der Waals surface area contributed by atoms with E-state index in [9.17, 15) is 9.36 Å². The van der Waals surface area contributed by atoms with Crippen molar-refractivity contribution in [3.05, 3.63) is 36.0 Å². The van der Waals surface area contributed by atoms with Crippen LogP contribution in [-0.4, -0.2) is 24.6 Å². The number of nitrogens with zero attached hydrogens (tertiary/aromatic N) is 1. The van der Waals surface area contributed by atoms with E-state index < -0.39 is 7.14 Å². The van der Waals surface area contributed by atoms with Crippen LogP contribution in [0.15, 0.2) is 30.3 Å². The largest absolute Gasteiger partial charge is 0.319 e. The normalized spacial score (nSPS) is 11.6. The zero-order chi connectivity index (χ0) is 11.8. The zero-order valence-electron chi connectivity index (χ0n) is 9.18. The van der Waals surface area contributed by atoms with Gasteiger partial charge < -0.3 is 4.57 Å².